The van der Waals surface area contributed by atoms with E-state index in [0.29, 0.717) is 10.0 Å². The predicted molar refractivity (Wildman–Crippen MR) is 87.0 cm³/mol. The van der Waals surface area contributed by atoms with E-state index in [-0.39, 0.29) is 12.1 Å². The molecule has 4 nitrogen and oxygen atoms in total. The number of hydrogen-bond donors (Lipinski definition) is 1. The van der Waals surface area contributed by atoms with Crippen LogP contribution in [0.4, 0.5) is 9.18 Å². The van der Waals surface area contributed by atoms with Crippen LogP contribution < -0.4 is 5.32 Å². The highest BCUT2D eigenvalue weighted by molar-refractivity contribution is 9.10. The number of nitrogens with zero attached hydrogens (tertiary/aromatic N) is 1. The molecule has 0 saturated carbocycles. The summed E-state index contributed by atoms with van der Waals surface area (Å²) in [5.74, 6) is -0.857. The highest BCUT2D eigenvalue weighted by Gasteiger charge is 2.48. The van der Waals surface area contributed by atoms with E-state index in [1.165, 1.54) is 6.07 Å². The van der Waals surface area contributed by atoms with Gasteiger partial charge in [0.15, 0.2) is 0 Å². The predicted octanol–water partition coefficient (Wildman–Crippen LogP) is 3.56. The van der Waals surface area contributed by atoms with Crippen LogP contribution in [-0.4, -0.2) is 16.8 Å². The monoisotopic (exact) mass is 376 g/mol. The Hall–Kier alpha value is -2.21. The summed E-state index contributed by atoms with van der Waals surface area (Å²) in [4.78, 5) is 26.0. The SMILES string of the molecule is CC1(c2ccccc2)NC(=O)N(Cc2ccc(Br)cc2F)C1=O. The molecule has 118 valence electrons. The van der Waals surface area contributed by atoms with E-state index < -0.39 is 23.3 Å². The van der Waals surface area contributed by atoms with Gasteiger partial charge in [-0.15, -0.1) is 0 Å². The van der Waals surface area contributed by atoms with Gasteiger partial charge in [-0.2, -0.15) is 0 Å². The Morgan fingerprint density at radius 2 is 1.87 bits per heavy atom. The number of rotatable bonds is 3. The summed E-state index contributed by atoms with van der Waals surface area (Å²) in [5.41, 5.74) is -0.157. The molecular weight excluding hydrogens is 363 g/mol. The molecule has 0 aromatic heterocycles. The molecule has 6 heteroatoms. The molecule has 1 aliphatic heterocycles. The van der Waals surface area contributed by atoms with E-state index in [1.807, 2.05) is 6.07 Å². The number of urea groups is 1. The molecule has 1 heterocycles. The Morgan fingerprint density at radius 1 is 1.17 bits per heavy atom. The maximum Gasteiger partial charge on any atom is 0.325 e. The Bertz CT molecular complexity index is 781. The van der Waals surface area contributed by atoms with Crippen LogP contribution in [0.2, 0.25) is 0 Å². The first-order valence-corrected chi connectivity index (χ1v) is 7.84. The number of benzene rings is 2. The summed E-state index contributed by atoms with van der Waals surface area (Å²) >= 11 is 3.18. The molecule has 2 aromatic carbocycles. The minimum atomic E-state index is -1.13. The van der Waals surface area contributed by atoms with Gasteiger partial charge in [0.1, 0.15) is 11.4 Å². The summed E-state index contributed by atoms with van der Waals surface area (Å²) in [6.45, 7) is 1.55. The third-order valence-corrected chi connectivity index (χ3v) is 4.46. The van der Waals surface area contributed by atoms with Gasteiger partial charge in [-0.25, -0.2) is 9.18 Å². The topological polar surface area (TPSA) is 49.4 Å². The van der Waals surface area contributed by atoms with Crippen molar-refractivity contribution in [2.75, 3.05) is 0 Å². The number of hydrogen-bond acceptors (Lipinski definition) is 2. The lowest BCUT2D eigenvalue weighted by molar-refractivity contribution is -0.131. The highest BCUT2D eigenvalue weighted by atomic mass is 79.9. The van der Waals surface area contributed by atoms with Crippen molar-refractivity contribution >= 4 is 27.9 Å². The number of carbonyl (C=O) groups excluding carboxylic acids is 2. The molecule has 0 spiro atoms. The summed E-state index contributed by atoms with van der Waals surface area (Å²) in [6, 6.07) is 13.0. The van der Waals surface area contributed by atoms with Crippen molar-refractivity contribution in [3.05, 3.63) is 69.9 Å². The van der Waals surface area contributed by atoms with Crippen LogP contribution >= 0.6 is 15.9 Å². The first-order valence-electron chi connectivity index (χ1n) is 7.05. The summed E-state index contributed by atoms with van der Waals surface area (Å²) in [6.07, 6.45) is 0. The van der Waals surface area contributed by atoms with Gasteiger partial charge in [0, 0.05) is 10.0 Å². The van der Waals surface area contributed by atoms with Gasteiger partial charge < -0.3 is 5.32 Å². The smallest absolute Gasteiger partial charge is 0.319 e. The van der Waals surface area contributed by atoms with Gasteiger partial charge in [-0.1, -0.05) is 52.3 Å². The van der Waals surface area contributed by atoms with Gasteiger partial charge >= 0.3 is 6.03 Å². The van der Waals surface area contributed by atoms with E-state index >= 15 is 0 Å². The van der Waals surface area contributed by atoms with Crippen molar-refractivity contribution in [1.82, 2.24) is 10.2 Å². The second kappa shape index (κ2) is 5.77. The molecule has 2 aromatic rings. The maximum absolute atomic E-state index is 14.0. The third kappa shape index (κ3) is 2.74. The first-order chi connectivity index (χ1) is 10.9. The zero-order chi connectivity index (χ0) is 16.6. The summed E-state index contributed by atoms with van der Waals surface area (Å²) < 4.78 is 14.6. The molecule has 0 aliphatic carbocycles. The van der Waals surface area contributed by atoms with Crippen LogP contribution in [0.25, 0.3) is 0 Å². The van der Waals surface area contributed by atoms with E-state index in [0.717, 1.165) is 4.90 Å². The molecule has 1 aliphatic rings. The maximum atomic E-state index is 14.0. The minimum Gasteiger partial charge on any atom is -0.319 e. The molecule has 1 saturated heterocycles. The Morgan fingerprint density at radius 3 is 2.52 bits per heavy atom. The van der Waals surface area contributed by atoms with Crippen molar-refractivity contribution in [2.45, 2.75) is 19.0 Å². The second-order valence-electron chi connectivity index (χ2n) is 5.55. The molecule has 1 fully saturated rings. The molecule has 1 atom stereocenters. The average Bonchev–Trinajstić information content (AvgIpc) is 2.75. The van der Waals surface area contributed by atoms with Crippen LogP contribution in [0, 0.1) is 5.82 Å². The van der Waals surface area contributed by atoms with Crippen LogP contribution in [-0.2, 0) is 16.9 Å². The number of carbonyl (C=O) groups is 2. The lowest BCUT2D eigenvalue weighted by Gasteiger charge is -2.22. The minimum absolute atomic E-state index is 0.105. The van der Waals surface area contributed by atoms with Crippen molar-refractivity contribution in [3.8, 4) is 0 Å². The van der Waals surface area contributed by atoms with E-state index in [4.69, 9.17) is 0 Å². The van der Waals surface area contributed by atoms with Crippen molar-refractivity contribution in [1.29, 1.82) is 0 Å². The fraction of sp³-hybridized carbons (Fsp3) is 0.176. The van der Waals surface area contributed by atoms with Crippen LogP contribution in [0.5, 0.6) is 0 Å². The number of halogens is 2. The number of amides is 3. The van der Waals surface area contributed by atoms with E-state index in [2.05, 4.69) is 21.2 Å². The second-order valence-corrected chi connectivity index (χ2v) is 6.46. The van der Waals surface area contributed by atoms with Crippen LogP contribution in [0.15, 0.2) is 53.0 Å². The molecular formula is C17H14BrFN2O2. The molecule has 0 radical (unpaired) electrons. The Balaban J connectivity index is 1.90. The fourth-order valence-corrected chi connectivity index (χ4v) is 2.96. The van der Waals surface area contributed by atoms with Crippen LogP contribution in [0.1, 0.15) is 18.1 Å². The van der Waals surface area contributed by atoms with Gasteiger partial charge in [-0.05, 0) is 24.6 Å². The fourth-order valence-electron chi connectivity index (χ4n) is 2.63. The molecule has 0 bridgehead atoms. The standard InChI is InChI=1S/C17H14BrFN2O2/c1-17(12-5-3-2-4-6-12)15(22)21(16(23)20-17)10-11-7-8-13(18)9-14(11)19/h2-9H,10H2,1H3,(H,20,23). The zero-order valence-corrected chi connectivity index (χ0v) is 13.9. The number of nitrogens with one attached hydrogen (secondary N) is 1. The summed E-state index contributed by atoms with van der Waals surface area (Å²) in [5, 5.41) is 2.70. The molecule has 1 N–H and O–H groups in total. The van der Waals surface area contributed by atoms with Gasteiger partial charge in [0.2, 0.25) is 0 Å². The summed E-state index contributed by atoms with van der Waals surface area (Å²) in [7, 11) is 0. The molecule has 23 heavy (non-hydrogen) atoms. The van der Waals surface area contributed by atoms with Gasteiger partial charge in [0.25, 0.3) is 5.91 Å². The highest BCUT2D eigenvalue weighted by Crippen LogP contribution is 2.30. The van der Waals surface area contributed by atoms with Gasteiger partial charge in [-0.3, -0.25) is 9.69 Å². The van der Waals surface area contributed by atoms with Gasteiger partial charge in [0.05, 0.1) is 6.54 Å². The lowest BCUT2D eigenvalue weighted by atomic mass is 9.92. The molecule has 1 unspecified atom stereocenters. The van der Waals surface area contributed by atoms with Crippen molar-refractivity contribution < 1.29 is 14.0 Å². The quantitative estimate of drug-likeness (QED) is 0.832. The van der Waals surface area contributed by atoms with Crippen LogP contribution in [0.3, 0.4) is 0 Å². The molecule has 3 rings (SSSR count). The number of imide groups is 1. The lowest BCUT2D eigenvalue weighted by Crippen LogP contribution is -2.40. The average molecular weight is 377 g/mol. The normalized spacial score (nSPS) is 20.7. The first kappa shape index (κ1) is 15.7. The van der Waals surface area contributed by atoms with E-state index in [9.17, 15) is 14.0 Å². The largest absolute Gasteiger partial charge is 0.325 e. The van der Waals surface area contributed by atoms with Crippen molar-refractivity contribution in [2.24, 2.45) is 0 Å². The zero-order valence-electron chi connectivity index (χ0n) is 12.3. The molecule has 3 amide bonds. The Kier molecular flexibility index (Phi) is 3.93. The van der Waals surface area contributed by atoms with Crippen molar-refractivity contribution in [3.63, 3.8) is 0 Å². The third-order valence-electron chi connectivity index (χ3n) is 3.97. The Labute approximate surface area is 141 Å². The van der Waals surface area contributed by atoms with E-state index in [1.54, 1.807) is 43.3 Å².